The van der Waals surface area contributed by atoms with E-state index in [1.165, 1.54) is 27.7 Å². The maximum Gasteiger partial charge on any atom is 0.290 e. The summed E-state index contributed by atoms with van der Waals surface area (Å²) in [6, 6.07) is 10.2. The Morgan fingerprint density at radius 1 is 1.05 bits per heavy atom. The van der Waals surface area contributed by atoms with Crippen molar-refractivity contribution in [1.82, 2.24) is 28.8 Å². The van der Waals surface area contributed by atoms with Crippen LogP contribution in [0.2, 0.25) is 0 Å². The Hall–Kier alpha value is -4.61. The first kappa shape index (κ1) is 28.5. The number of nitrogens with one attached hydrogen (secondary N) is 1. The monoisotopic (exact) mass is 583 g/mol. The number of likely N-dealkylation sites (N-methyl/N-ethyl adjacent to an activating group) is 1. The van der Waals surface area contributed by atoms with E-state index in [0.717, 1.165) is 36.6 Å². The largest absolute Gasteiger partial charge is 0.392 e. The average Bonchev–Trinajstić information content (AvgIpc) is 3.35. The molecule has 0 saturated carbocycles. The van der Waals surface area contributed by atoms with Crippen molar-refractivity contribution in [3.8, 4) is 17.1 Å². The molecule has 43 heavy (non-hydrogen) atoms. The third kappa shape index (κ3) is 5.15. The van der Waals surface area contributed by atoms with Crippen molar-refractivity contribution in [2.75, 3.05) is 18.9 Å². The molecule has 0 bridgehead atoms. The highest BCUT2D eigenvalue weighted by molar-refractivity contribution is 5.83. The number of hydrogen-bond donors (Lipinski definition) is 2. The average molecular weight is 584 g/mol. The topological polar surface area (TPSA) is 110 Å². The van der Waals surface area contributed by atoms with E-state index in [4.69, 9.17) is 0 Å². The number of aliphatic hydroxyl groups is 1. The lowest BCUT2D eigenvalue weighted by molar-refractivity contribution is 0.270. The van der Waals surface area contributed by atoms with Crippen molar-refractivity contribution in [2.45, 2.75) is 45.9 Å². The molecule has 0 atom stereocenters. The van der Waals surface area contributed by atoms with Gasteiger partial charge in [-0.05, 0) is 53.7 Å². The molecule has 1 aliphatic rings. The molecule has 222 valence electrons. The van der Waals surface area contributed by atoms with E-state index in [9.17, 15) is 14.7 Å². The molecular weight excluding hydrogens is 549 g/mol. The molecule has 5 heterocycles. The molecule has 0 saturated heterocycles. The number of pyridine rings is 2. The van der Waals surface area contributed by atoms with Crippen LogP contribution < -0.4 is 16.4 Å². The summed E-state index contributed by atoms with van der Waals surface area (Å²) in [6.45, 7) is 8.10. The summed E-state index contributed by atoms with van der Waals surface area (Å²) < 4.78 is 20.0. The summed E-state index contributed by atoms with van der Waals surface area (Å²) in [5, 5.41) is 18.6. The molecule has 11 heteroatoms. The molecule has 6 rings (SSSR count). The smallest absolute Gasteiger partial charge is 0.290 e. The fraction of sp³-hybridized carbons (Fsp3) is 0.312. The molecular formula is C32H34FN7O3. The molecule has 1 aromatic carbocycles. The number of rotatable bonds is 5. The summed E-state index contributed by atoms with van der Waals surface area (Å²) in [5.41, 5.74) is 3.03. The van der Waals surface area contributed by atoms with Gasteiger partial charge in [0, 0.05) is 62.1 Å². The normalized spacial score (nSPS) is 13.8. The predicted molar refractivity (Wildman–Crippen MR) is 164 cm³/mol. The lowest BCUT2D eigenvalue weighted by Gasteiger charge is -2.24. The highest BCUT2D eigenvalue weighted by Gasteiger charge is 2.21. The number of anilines is 2. The standard InChI is InChI=1S/C32H34FN7O3/c1-32(2,3)20-12-19-7-9-40(31(43)28(19)25(33)13-20)29-24(18-41)23(6-8-34-29)26-15-27(30(42)38(5)36-26)35-21-14-22-17-37(4)10-11-39(22)16-21/h6-9,12-16,35,41H,10-11,17-18H2,1-5H3. The predicted octanol–water partition coefficient (Wildman–Crippen LogP) is 4.07. The van der Waals surface area contributed by atoms with E-state index in [1.54, 1.807) is 25.2 Å². The van der Waals surface area contributed by atoms with E-state index in [0.29, 0.717) is 27.9 Å². The fourth-order valence-corrected chi connectivity index (χ4v) is 5.60. The molecule has 0 radical (unpaired) electrons. The highest BCUT2D eigenvalue weighted by atomic mass is 19.1. The molecule has 0 fully saturated rings. The Morgan fingerprint density at radius 3 is 2.58 bits per heavy atom. The van der Waals surface area contributed by atoms with Crippen molar-refractivity contribution in [2.24, 2.45) is 7.05 Å². The summed E-state index contributed by atoms with van der Waals surface area (Å²) in [6.07, 6.45) is 5.02. The first-order chi connectivity index (χ1) is 20.4. The fourth-order valence-electron chi connectivity index (χ4n) is 5.60. The second kappa shape index (κ2) is 10.6. The first-order valence-corrected chi connectivity index (χ1v) is 14.1. The van der Waals surface area contributed by atoms with Gasteiger partial charge in [-0.3, -0.25) is 19.1 Å². The van der Waals surface area contributed by atoms with Gasteiger partial charge >= 0.3 is 0 Å². The Labute approximate surface area is 247 Å². The third-order valence-electron chi connectivity index (χ3n) is 8.00. The van der Waals surface area contributed by atoms with Crippen molar-refractivity contribution in [3.63, 3.8) is 0 Å². The number of halogens is 1. The Kier molecular flexibility index (Phi) is 7.02. The molecule has 2 N–H and O–H groups in total. The van der Waals surface area contributed by atoms with Crippen LogP contribution in [0.1, 0.15) is 37.6 Å². The quantitative estimate of drug-likeness (QED) is 0.321. The van der Waals surface area contributed by atoms with Gasteiger partial charge in [-0.1, -0.05) is 26.8 Å². The van der Waals surface area contributed by atoms with Gasteiger partial charge in [0.15, 0.2) is 0 Å². The van der Waals surface area contributed by atoms with Crippen LogP contribution in [0.4, 0.5) is 15.8 Å². The molecule has 0 amide bonds. The van der Waals surface area contributed by atoms with E-state index in [1.807, 2.05) is 39.1 Å². The zero-order valence-electron chi connectivity index (χ0n) is 24.8. The molecule has 0 aliphatic carbocycles. The summed E-state index contributed by atoms with van der Waals surface area (Å²) >= 11 is 0. The molecule has 0 unspecified atom stereocenters. The lowest BCUT2D eigenvalue weighted by Crippen LogP contribution is -2.29. The minimum absolute atomic E-state index is 0.0558. The zero-order valence-corrected chi connectivity index (χ0v) is 24.8. The van der Waals surface area contributed by atoms with E-state index >= 15 is 4.39 Å². The second-order valence-corrected chi connectivity index (χ2v) is 12.1. The van der Waals surface area contributed by atoms with Gasteiger partial charge in [-0.15, -0.1) is 0 Å². The van der Waals surface area contributed by atoms with E-state index in [2.05, 4.69) is 31.9 Å². The van der Waals surface area contributed by atoms with Crippen LogP contribution in [0.25, 0.3) is 27.8 Å². The third-order valence-corrected chi connectivity index (χ3v) is 8.00. The van der Waals surface area contributed by atoms with Crippen LogP contribution in [-0.2, 0) is 32.2 Å². The summed E-state index contributed by atoms with van der Waals surface area (Å²) in [5.74, 6) is -0.460. The van der Waals surface area contributed by atoms with Crippen LogP contribution in [0.15, 0.2) is 64.6 Å². The van der Waals surface area contributed by atoms with E-state index in [-0.39, 0.29) is 22.2 Å². The first-order valence-electron chi connectivity index (χ1n) is 14.1. The van der Waals surface area contributed by atoms with Crippen LogP contribution in [-0.4, -0.2) is 47.5 Å². The minimum Gasteiger partial charge on any atom is -0.392 e. The van der Waals surface area contributed by atoms with Crippen molar-refractivity contribution in [3.05, 3.63) is 98.3 Å². The Bertz CT molecular complexity index is 2000. The number of fused-ring (bicyclic) bond motifs is 2. The van der Waals surface area contributed by atoms with Gasteiger partial charge in [0.05, 0.1) is 23.4 Å². The van der Waals surface area contributed by atoms with Crippen molar-refractivity contribution >= 4 is 22.1 Å². The van der Waals surface area contributed by atoms with Crippen LogP contribution in [0.3, 0.4) is 0 Å². The van der Waals surface area contributed by atoms with Gasteiger partial charge in [0.25, 0.3) is 11.1 Å². The zero-order chi connectivity index (χ0) is 30.6. The molecule has 0 spiro atoms. The van der Waals surface area contributed by atoms with Crippen LogP contribution in [0.5, 0.6) is 0 Å². The number of hydrogen-bond acceptors (Lipinski definition) is 7. The highest BCUT2D eigenvalue weighted by Crippen LogP contribution is 2.30. The Balaban J connectivity index is 1.44. The molecule has 4 aromatic heterocycles. The van der Waals surface area contributed by atoms with Gasteiger partial charge < -0.3 is 15.0 Å². The van der Waals surface area contributed by atoms with Crippen molar-refractivity contribution < 1.29 is 9.50 Å². The van der Waals surface area contributed by atoms with Gasteiger partial charge in [0.2, 0.25) is 0 Å². The number of benzene rings is 1. The van der Waals surface area contributed by atoms with Crippen LogP contribution in [0, 0.1) is 5.82 Å². The number of aromatic nitrogens is 5. The molecule has 1 aliphatic heterocycles. The maximum absolute atomic E-state index is 15.3. The Morgan fingerprint density at radius 2 is 1.84 bits per heavy atom. The maximum atomic E-state index is 15.3. The number of aliphatic hydroxyl groups excluding tert-OH is 1. The van der Waals surface area contributed by atoms with Gasteiger partial charge in [-0.2, -0.15) is 5.10 Å². The summed E-state index contributed by atoms with van der Waals surface area (Å²) in [4.78, 5) is 33.3. The van der Waals surface area contributed by atoms with Crippen molar-refractivity contribution in [1.29, 1.82) is 0 Å². The second-order valence-electron chi connectivity index (χ2n) is 12.1. The summed E-state index contributed by atoms with van der Waals surface area (Å²) in [7, 11) is 3.63. The van der Waals surface area contributed by atoms with Gasteiger partial charge in [0.1, 0.15) is 17.3 Å². The van der Waals surface area contributed by atoms with E-state index < -0.39 is 18.0 Å². The molecule has 5 aromatic rings. The van der Waals surface area contributed by atoms with Gasteiger partial charge in [-0.25, -0.2) is 14.1 Å². The van der Waals surface area contributed by atoms with Crippen LogP contribution >= 0.6 is 0 Å². The number of aryl methyl sites for hydroxylation is 1. The minimum atomic E-state index is -0.613. The lowest BCUT2D eigenvalue weighted by atomic mass is 9.86. The molecule has 10 nitrogen and oxygen atoms in total. The number of nitrogens with zero attached hydrogens (tertiary/aromatic N) is 6. The SMILES string of the molecule is CN1CCn2cc(Nc3cc(-c4ccnc(-n5ccc6cc(C(C)(C)C)cc(F)c6c5=O)c4CO)nn(C)c3=O)cc2C1.